The second-order valence-corrected chi connectivity index (χ2v) is 5.47. The highest BCUT2D eigenvalue weighted by molar-refractivity contribution is 7.13. The normalized spacial score (nSPS) is 11.4. The van der Waals surface area contributed by atoms with E-state index in [9.17, 15) is 4.79 Å². The Hall–Kier alpha value is -2.80. The topological polar surface area (TPSA) is 83.0 Å². The second kappa shape index (κ2) is 6.31. The molecule has 0 fully saturated rings. The lowest BCUT2D eigenvalue weighted by Gasteiger charge is -2.00. The van der Waals surface area contributed by atoms with Crippen molar-refractivity contribution in [1.29, 1.82) is 0 Å². The molecule has 0 spiro atoms. The lowest BCUT2D eigenvalue weighted by Crippen LogP contribution is -2.19. The summed E-state index contributed by atoms with van der Waals surface area (Å²) in [5, 5.41) is 12.9. The van der Waals surface area contributed by atoms with E-state index >= 15 is 0 Å². The van der Waals surface area contributed by atoms with Gasteiger partial charge in [0, 0.05) is 18.0 Å². The number of rotatable bonds is 4. The molecule has 3 aromatic rings. The van der Waals surface area contributed by atoms with Crippen LogP contribution in [0.4, 0.5) is 0 Å². The zero-order valence-corrected chi connectivity index (χ0v) is 12.6. The van der Waals surface area contributed by atoms with Crippen molar-refractivity contribution in [2.24, 2.45) is 5.10 Å². The number of thiophene rings is 1. The molecule has 0 aliphatic carbocycles. The summed E-state index contributed by atoms with van der Waals surface area (Å²) in [5.41, 5.74) is 5.14. The average Bonchev–Trinajstić information content (AvgIpc) is 3.23. The maximum absolute atomic E-state index is 12.1. The highest BCUT2D eigenvalue weighted by atomic mass is 32.1. The van der Waals surface area contributed by atoms with E-state index in [2.05, 4.69) is 25.7 Å². The van der Waals surface area contributed by atoms with Crippen LogP contribution in [-0.4, -0.2) is 26.8 Å². The van der Waals surface area contributed by atoms with Crippen molar-refractivity contribution < 1.29 is 4.79 Å². The summed E-state index contributed by atoms with van der Waals surface area (Å²) in [5.74, 6) is -0.359. The molecule has 0 saturated carbocycles. The van der Waals surface area contributed by atoms with Gasteiger partial charge in [0.2, 0.25) is 0 Å². The average molecular weight is 311 g/mol. The van der Waals surface area contributed by atoms with Crippen LogP contribution in [0.5, 0.6) is 0 Å². The predicted molar refractivity (Wildman–Crippen MR) is 85.8 cm³/mol. The number of hydrazone groups is 1. The molecule has 0 aliphatic rings. The molecule has 0 atom stereocenters. The van der Waals surface area contributed by atoms with Gasteiger partial charge in [0.25, 0.3) is 5.91 Å². The molecule has 0 aromatic carbocycles. The first-order chi connectivity index (χ1) is 10.7. The molecule has 0 radical (unpaired) electrons. The zero-order valence-electron chi connectivity index (χ0n) is 11.8. The molecule has 110 valence electrons. The Morgan fingerprint density at radius 2 is 2.27 bits per heavy atom. The van der Waals surface area contributed by atoms with Gasteiger partial charge in [0.15, 0.2) is 5.69 Å². The molecule has 0 unspecified atom stereocenters. The van der Waals surface area contributed by atoms with Crippen LogP contribution in [-0.2, 0) is 0 Å². The fourth-order valence-electron chi connectivity index (χ4n) is 1.83. The van der Waals surface area contributed by atoms with Crippen molar-refractivity contribution in [3.63, 3.8) is 0 Å². The lowest BCUT2D eigenvalue weighted by atomic mass is 10.2. The Bertz CT molecular complexity index is 792. The van der Waals surface area contributed by atoms with Crippen molar-refractivity contribution in [2.45, 2.75) is 6.92 Å². The van der Waals surface area contributed by atoms with Crippen molar-refractivity contribution in [3.8, 4) is 10.6 Å². The van der Waals surface area contributed by atoms with Gasteiger partial charge in [-0.25, -0.2) is 5.43 Å². The largest absolute Gasteiger partial charge is 0.291 e. The number of nitrogens with zero attached hydrogens (tertiary/aromatic N) is 3. The quantitative estimate of drug-likeness (QED) is 0.574. The van der Waals surface area contributed by atoms with Gasteiger partial charge in [-0.1, -0.05) is 12.1 Å². The van der Waals surface area contributed by atoms with E-state index in [1.165, 1.54) is 0 Å². The van der Waals surface area contributed by atoms with E-state index in [4.69, 9.17) is 0 Å². The number of pyridine rings is 1. The Kier molecular flexibility index (Phi) is 4.06. The molecule has 0 aliphatic heterocycles. The second-order valence-electron chi connectivity index (χ2n) is 4.52. The number of aromatic nitrogens is 3. The standard InChI is InChI=1S/C15H13N5OS/c1-10(11-4-2-6-16-9-11)17-20-15(21)13-8-12(18-19-13)14-5-3-7-22-14/h2-9H,1H3,(H,18,19)(H,20,21). The monoisotopic (exact) mass is 311 g/mol. The fraction of sp³-hybridized carbons (Fsp3) is 0.0667. The van der Waals surface area contributed by atoms with Gasteiger partial charge in [-0.3, -0.25) is 14.9 Å². The Morgan fingerprint density at radius 1 is 1.36 bits per heavy atom. The van der Waals surface area contributed by atoms with Gasteiger partial charge < -0.3 is 0 Å². The van der Waals surface area contributed by atoms with Crippen molar-refractivity contribution >= 4 is 23.0 Å². The zero-order chi connectivity index (χ0) is 15.4. The minimum Gasteiger partial charge on any atom is -0.276 e. The summed E-state index contributed by atoms with van der Waals surface area (Å²) >= 11 is 1.58. The Balaban J connectivity index is 1.70. The molecule has 0 bridgehead atoms. The summed E-state index contributed by atoms with van der Waals surface area (Å²) < 4.78 is 0. The van der Waals surface area contributed by atoms with Crippen LogP contribution in [0.25, 0.3) is 10.6 Å². The summed E-state index contributed by atoms with van der Waals surface area (Å²) in [7, 11) is 0. The number of hydrogen-bond donors (Lipinski definition) is 2. The lowest BCUT2D eigenvalue weighted by molar-refractivity contribution is 0.0950. The first-order valence-electron chi connectivity index (χ1n) is 6.58. The van der Waals surface area contributed by atoms with Gasteiger partial charge in [0.05, 0.1) is 16.3 Å². The van der Waals surface area contributed by atoms with E-state index in [0.717, 1.165) is 16.1 Å². The highest BCUT2D eigenvalue weighted by Gasteiger charge is 2.11. The summed E-state index contributed by atoms with van der Waals surface area (Å²) in [4.78, 5) is 17.1. The number of hydrogen-bond acceptors (Lipinski definition) is 5. The summed E-state index contributed by atoms with van der Waals surface area (Å²) in [6.07, 6.45) is 3.37. The minimum atomic E-state index is -0.359. The highest BCUT2D eigenvalue weighted by Crippen LogP contribution is 2.22. The molecule has 0 saturated heterocycles. The molecule has 7 heteroatoms. The van der Waals surface area contributed by atoms with Gasteiger partial charge in [-0.05, 0) is 30.5 Å². The van der Waals surface area contributed by atoms with E-state index < -0.39 is 0 Å². The number of aromatic amines is 1. The van der Waals surface area contributed by atoms with Crippen molar-refractivity contribution in [2.75, 3.05) is 0 Å². The SMILES string of the molecule is CC(=NNC(=O)c1cc(-c2cccs2)[nH]n1)c1cccnc1. The third kappa shape index (κ3) is 3.09. The maximum Gasteiger partial charge on any atom is 0.291 e. The molecular formula is C15H13N5OS. The first kappa shape index (κ1) is 14.2. The predicted octanol–water partition coefficient (Wildman–Crippen LogP) is 2.69. The molecule has 3 rings (SSSR count). The number of carbonyl (C=O) groups excluding carboxylic acids is 1. The van der Waals surface area contributed by atoms with Gasteiger partial charge in [-0.15, -0.1) is 11.3 Å². The molecule has 2 N–H and O–H groups in total. The van der Waals surface area contributed by atoms with Crippen molar-refractivity contribution in [1.82, 2.24) is 20.6 Å². The van der Waals surface area contributed by atoms with Crippen LogP contribution in [0.2, 0.25) is 0 Å². The third-order valence-electron chi connectivity index (χ3n) is 3.00. The van der Waals surface area contributed by atoms with Crippen LogP contribution in [0.3, 0.4) is 0 Å². The number of H-pyrrole nitrogens is 1. The number of amides is 1. The molecule has 3 heterocycles. The fourth-order valence-corrected chi connectivity index (χ4v) is 2.52. The van der Waals surface area contributed by atoms with Gasteiger partial charge in [0.1, 0.15) is 0 Å². The number of carbonyl (C=O) groups is 1. The minimum absolute atomic E-state index is 0.297. The van der Waals surface area contributed by atoms with E-state index in [1.807, 2.05) is 29.6 Å². The van der Waals surface area contributed by atoms with Crippen LogP contribution in [0, 0.1) is 0 Å². The summed E-state index contributed by atoms with van der Waals surface area (Å²) in [6, 6.07) is 9.31. The van der Waals surface area contributed by atoms with E-state index in [1.54, 1.807) is 36.7 Å². The van der Waals surface area contributed by atoms with Crippen LogP contribution in [0.1, 0.15) is 23.0 Å². The third-order valence-corrected chi connectivity index (χ3v) is 3.90. The molecule has 3 aromatic heterocycles. The Labute approximate surface area is 130 Å². The van der Waals surface area contributed by atoms with E-state index in [0.29, 0.717) is 11.4 Å². The van der Waals surface area contributed by atoms with Crippen LogP contribution in [0.15, 0.2) is 53.2 Å². The van der Waals surface area contributed by atoms with Crippen molar-refractivity contribution in [3.05, 3.63) is 59.4 Å². The van der Waals surface area contributed by atoms with E-state index in [-0.39, 0.29) is 5.91 Å². The molecule has 6 nitrogen and oxygen atoms in total. The molecule has 22 heavy (non-hydrogen) atoms. The molecule has 1 amide bonds. The first-order valence-corrected chi connectivity index (χ1v) is 7.46. The summed E-state index contributed by atoms with van der Waals surface area (Å²) in [6.45, 7) is 1.80. The van der Waals surface area contributed by atoms with Crippen LogP contribution < -0.4 is 5.43 Å². The van der Waals surface area contributed by atoms with Gasteiger partial charge in [-0.2, -0.15) is 10.2 Å². The smallest absolute Gasteiger partial charge is 0.276 e. The Morgan fingerprint density at radius 3 is 3.00 bits per heavy atom. The van der Waals surface area contributed by atoms with Crippen LogP contribution >= 0.6 is 11.3 Å². The molecular weight excluding hydrogens is 298 g/mol. The maximum atomic E-state index is 12.1. The van der Waals surface area contributed by atoms with Gasteiger partial charge >= 0.3 is 0 Å². The number of nitrogens with one attached hydrogen (secondary N) is 2.